The molecule has 0 aliphatic carbocycles. The number of nitrogens with zero attached hydrogens (tertiary/aromatic N) is 2. The molecular weight excluding hydrogens is 316 g/mol. The molecule has 0 amide bonds. The van der Waals surface area contributed by atoms with Gasteiger partial charge < -0.3 is 0 Å². The van der Waals surface area contributed by atoms with Gasteiger partial charge in [0.1, 0.15) is 16.2 Å². The number of pyridine rings is 1. The average Bonchev–Trinajstić information content (AvgIpc) is 2.45. The lowest BCUT2D eigenvalue weighted by molar-refractivity contribution is 0.600. The van der Waals surface area contributed by atoms with E-state index in [4.69, 9.17) is 0 Å². The Hall–Kier alpha value is -1.84. The average molecular weight is 332 g/mol. The van der Waals surface area contributed by atoms with Crippen LogP contribution in [0.3, 0.4) is 0 Å². The number of aryl methyl sites for hydroxylation is 2. The molecule has 0 bridgehead atoms. The van der Waals surface area contributed by atoms with Crippen LogP contribution in [0.5, 0.6) is 0 Å². The van der Waals surface area contributed by atoms with Crippen LogP contribution >= 0.6 is 11.8 Å². The highest BCUT2D eigenvalue weighted by atomic mass is 32.3. The summed E-state index contributed by atoms with van der Waals surface area (Å²) in [4.78, 5) is 4.29. The maximum atomic E-state index is 12.2. The van der Waals surface area contributed by atoms with E-state index in [2.05, 4.69) is 11.1 Å². The van der Waals surface area contributed by atoms with Gasteiger partial charge in [-0.3, -0.25) is 0 Å². The quantitative estimate of drug-likeness (QED) is 0.786. The number of hydrogen-bond donors (Lipinski definition) is 0. The van der Waals surface area contributed by atoms with Crippen LogP contribution in [-0.2, 0) is 15.6 Å². The monoisotopic (exact) mass is 332 g/mol. The van der Waals surface area contributed by atoms with Crippen molar-refractivity contribution in [1.29, 1.82) is 5.26 Å². The Bertz CT molecular complexity index is 810. The second-order valence-electron chi connectivity index (χ2n) is 5.01. The first-order valence-electron chi connectivity index (χ1n) is 6.67. The van der Waals surface area contributed by atoms with Gasteiger partial charge in [-0.1, -0.05) is 42.1 Å². The summed E-state index contributed by atoms with van der Waals surface area (Å²) < 4.78 is 24.4. The number of nitriles is 1. The fourth-order valence-electron chi connectivity index (χ4n) is 2.06. The molecule has 0 N–H and O–H groups in total. The van der Waals surface area contributed by atoms with E-state index >= 15 is 0 Å². The van der Waals surface area contributed by atoms with Crippen molar-refractivity contribution in [2.45, 2.75) is 24.6 Å². The molecule has 0 aliphatic rings. The molecule has 0 atom stereocenters. The molecule has 2 aromatic rings. The van der Waals surface area contributed by atoms with Gasteiger partial charge in [0.05, 0.1) is 11.3 Å². The Morgan fingerprint density at radius 2 is 1.91 bits per heavy atom. The Balaban J connectivity index is 2.15. The second-order valence-corrected chi connectivity index (χ2v) is 8.40. The van der Waals surface area contributed by atoms with E-state index in [0.29, 0.717) is 10.6 Å². The highest BCUT2D eigenvalue weighted by Crippen LogP contribution is 2.25. The molecule has 0 spiro atoms. The van der Waals surface area contributed by atoms with Crippen LogP contribution in [-0.4, -0.2) is 18.5 Å². The van der Waals surface area contributed by atoms with Crippen molar-refractivity contribution in [2.75, 3.05) is 5.08 Å². The number of thioether (sulfide) groups is 1. The fraction of sp³-hybridized carbons (Fsp3) is 0.250. The second kappa shape index (κ2) is 6.95. The van der Waals surface area contributed by atoms with Gasteiger partial charge in [0.25, 0.3) is 0 Å². The third kappa shape index (κ3) is 4.33. The zero-order chi connectivity index (χ0) is 16.2. The van der Waals surface area contributed by atoms with Crippen LogP contribution in [0.25, 0.3) is 0 Å². The number of hydrogen-bond acceptors (Lipinski definition) is 5. The van der Waals surface area contributed by atoms with Gasteiger partial charge in [-0.15, -0.1) is 0 Å². The summed E-state index contributed by atoms with van der Waals surface area (Å²) in [6.07, 6.45) is 0. The van der Waals surface area contributed by atoms with Crippen molar-refractivity contribution < 1.29 is 8.42 Å². The SMILES string of the molecule is Cc1cc(C)c(C#N)c(SCS(=O)(=O)Cc2ccccc2)n1. The molecule has 0 saturated carbocycles. The third-order valence-electron chi connectivity index (χ3n) is 3.03. The number of benzene rings is 1. The summed E-state index contributed by atoms with van der Waals surface area (Å²) in [6, 6.07) is 13.0. The lowest BCUT2D eigenvalue weighted by Gasteiger charge is -2.08. The normalized spacial score (nSPS) is 11.1. The first-order chi connectivity index (χ1) is 10.4. The molecule has 6 heteroatoms. The largest absolute Gasteiger partial charge is 0.245 e. The Morgan fingerprint density at radius 3 is 2.55 bits per heavy atom. The minimum atomic E-state index is -3.27. The van der Waals surface area contributed by atoms with E-state index in [-0.39, 0.29) is 10.8 Å². The van der Waals surface area contributed by atoms with Crippen LogP contribution in [0.4, 0.5) is 0 Å². The van der Waals surface area contributed by atoms with Gasteiger partial charge in [0.2, 0.25) is 0 Å². The summed E-state index contributed by atoms with van der Waals surface area (Å²) in [6.45, 7) is 3.66. The van der Waals surface area contributed by atoms with E-state index in [1.165, 1.54) is 0 Å². The van der Waals surface area contributed by atoms with Crippen molar-refractivity contribution >= 4 is 21.6 Å². The first kappa shape index (κ1) is 16.5. The number of aromatic nitrogens is 1. The van der Waals surface area contributed by atoms with E-state index in [0.717, 1.165) is 28.6 Å². The molecule has 0 radical (unpaired) electrons. The predicted molar refractivity (Wildman–Crippen MR) is 88.2 cm³/mol. The molecule has 114 valence electrons. The van der Waals surface area contributed by atoms with E-state index in [1.807, 2.05) is 38.1 Å². The number of rotatable bonds is 5. The molecule has 0 saturated heterocycles. The van der Waals surface area contributed by atoms with Crippen LogP contribution in [0.1, 0.15) is 22.4 Å². The van der Waals surface area contributed by atoms with Crippen molar-refractivity contribution in [3.63, 3.8) is 0 Å². The maximum Gasteiger partial charge on any atom is 0.164 e. The zero-order valence-corrected chi connectivity index (χ0v) is 14.0. The highest BCUT2D eigenvalue weighted by Gasteiger charge is 2.16. The topological polar surface area (TPSA) is 70.8 Å². The lowest BCUT2D eigenvalue weighted by Crippen LogP contribution is -2.07. The molecule has 0 aliphatic heterocycles. The van der Waals surface area contributed by atoms with Crippen LogP contribution in [0.15, 0.2) is 41.4 Å². The van der Waals surface area contributed by atoms with Gasteiger partial charge in [-0.2, -0.15) is 5.26 Å². The Morgan fingerprint density at radius 1 is 1.23 bits per heavy atom. The minimum absolute atomic E-state index is 0.00642. The van der Waals surface area contributed by atoms with Gasteiger partial charge in [-0.05, 0) is 31.0 Å². The minimum Gasteiger partial charge on any atom is -0.245 e. The summed E-state index contributed by atoms with van der Waals surface area (Å²) >= 11 is 1.10. The lowest BCUT2D eigenvalue weighted by atomic mass is 10.1. The summed E-state index contributed by atoms with van der Waals surface area (Å²) in [5.41, 5.74) is 2.81. The Labute approximate surface area is 135 Å². The fourth-order valence-corrected chi connectivity index (χ4v) is 4.82. The molecule has 1 heterocycles. The van der Waals surface area contributed by atoms with Crippen molar-refractivity contribution in [2.24, 2.45) is 0 Å². The summed E-state index contributed by atoms with van der Waals surface area (Å²) in [7, 11) is -3.27. The third-order valence-corrected chi connectivity index (χ3v) is 6.28. The molecule has 0 unspecified atom stereocenters. The first-order valence-corrected chi connectivity index (χ1v) is 9.47. The van der Waals surface area contributed by atoms with Crippen molar-refractivity contribution in [3.8, 4) is 6.07 Å². The Kier molecular flexibility index (Phi) is 5.22. The van der Waals surface area contributed by atoms with Crippen LogP contribution in [0.2, 0.25) is 0 Å². The predicted octanol–water partition coefficient (Wildman–Crippen LogP) is 3.23. The van der Waals surface area contributed by atoms with E-state index in [9.17, 15) is 13.7 Å². The maximum absolute atomic E-state index is 12.2. The summed E-state index contributed by atoms with van der Waals surface area (Å²) in [5, 5.41) is 9.59. The molecule has 1 aromatic heterocycles. The van der Waals surface area contributed by atoms with Gasteiger partial charge in [0.15, 0.2) is 9.84 Å². The van der Waals surface area contributed by atoms with Crippen LogP contribution < -0.4 is 0 Å². The van der Waals surface area contributed by atoms with E-state index < -0.39 is 9.84 Å². The molecule has 2 rings (SSSR count). The highest BCUT2D eigenvalue weighted by molar-refractivity contribution is 8.12. The van der Waals surface area contributed by atoms with Gasteiger partial charge in [0, 0.05) is 5.69 Å². The molecule has 4 nitrogen and oxygen atoms in total. The van der Waals surface area contributed by atoms with Crippen molar-refractivity contribution in [1.82, 2.24) is 4.98 Å². The summed E-state index contributed by atoms with van der Waals surface area (Å²) in [5.74, 6) is -0.00642. The molecule has 0 fully saturated rings. The van der Waals surface area contributed by atoms with Crippen LogP contribution in [0, 0.1) is 25.2 Å². The molecule has 1 aromatic carbocycles. The van der Waals surface area contributed by atoms with E-state index in [1.54, 1.807) is 12.1 Å². The zero-order valence-electron chi connectivity index (χ0n) is 12.4. The molecule has 22 heavy (non-hydrogen) atoms. The smallest absolute Gasteiger partial charge is 0.164 e. The number of sulfone groups is 1. The standard InChI is InChI=1S/C16H16N2O2S2/c1-12-8-13(2)18-16(15(12)9-17)21-11-22(19,20)10-14-6-4-3-5-7-14/h3-8H,10-11H2,1-2H3. The van der Waals surface area contributed by atoms with Gasteiger partial charge >= 0.3 is 0 Å². The molecular formula is C16H16N2O2S2. The van der Waals surface area contributed by atoms with Crippen molar-refractivity contribution in [3.05, 3.63) is 58.8 Å². The van der Waals surface area contributed by atoms with Gasteiger partial charge in [-0.25, -0.2) is 13.4 Å².